The van der Waals surface area contributed by atoms with E-state index in [1.165, 1.54) is 0 Å². The number of aryl methyl sites for hydroxylation is 2. The average molecular weight is 269 g/mol. The smallest absolute Gasteiger partial charge is 0.222 e. The quantitative estimate of drug-likeness (QED) is 0.835. The van der Waals surface area contributed by atoms with Crippen LogP contribution in [-0.2, 0) is 0 Å². The van der Waals surface area contributed by atoms with Gasteiger partial charge in [0.25, 0.3) is 0 Å². The van der Waals surface area contributed by atoms with E-state index >= 15 is 0 Å². The van der Waals surface area contributed by atoms with Gasteiger partial charge in [0, 0.05) is 6.20 Å². The molecule has 0 fully saturated rings. The van der Waals surface area contributed by atoms with Crippen molar-refractivity contribution in [3.63, 3.8) is 0 Å². The Hall–Kier alpha value is -1.50. The second-order valence-electron chi connectivity index (χ2n) is 3.02. The van der Waals surface area contributed by atoms with Crippen LogP contribution in [0.15, 0.2) is 10.7 Å². The molecule has 0 saturated heterocycles. The minimum Gasteiger partial charge on any atom is -0.368 e. The van der Waals surface area contributed by atoms with Crippen molar-refractivity contribution in [1.29, 1.82) is 0 Å². The molecule has 78 valence electrons. The molecule has 0 aromatic carbocycles. The largest absolute Gasteiger partial charge is 0.368 e. The molecule has 0 bridgehead atoms. The summed E-state index contributed by atoms with van der Waals surface area (Å²) in [6.07, 6.45) is 1.59. The summed E-state index contributed by atoms with van der Waals surface area (Å²) in [6, 6.07) is 0. The number of anilines is 1. The van der Waals surface area contributed by atoms with E-state index < -0.39 is 0 Å². The molecular formula is C8H9BrN6. The minimum atomic E-state index is 0.209. The predicted octanol–water partition coefficient (Wildman–Crippen LogP) is 1.02. The average Bonchev–Trinajstić information content (AvgIpc) is 2.50. The Morgan fingerprint density at radius 3 is 2.67 bits per heavy atom. The lowest BCUT2D eigenvalue weighted by Crippen LogP contribution is -2.06. The molecule has 0 aliphatic rings. The van der Waals surface area contributed by atoms with Gasteiger partial charge in [0.1, 0.15) is 11.6 Å². The third-order valence-electron chi connectivity index (χ3n) is 1.82. The molecule has 0 amide bonds. The molecule has 0 saturated carbocycles. The van der Waals surface area contributed by atoms with Crippen molar-refractivity contribution in [1.82, 2.24) is 24.7 Å². The number of nitrogens with two attached hydrogens (primary N) is 1. The predicted molar refractivity (Wildman–Crippen MR) is 58.5 cm³/mol. The van der Waals surface area contributed by atoms with Gasteiger partial charge in [-0.15, -0.1) is 5.10 Å². The van der Waals surface area contributed by atoms with E-state index in [2.05, 4.69) is 36.0 Å². The molecular weight excluding hydrogens is 260 g/mol. The highest BCUT2D eigenvalue weighted by Gasteiger charge is 2.10. The van der Waals surface area contributed by atoms with Crippen molar-refractivity contribution in [2.24, 2.45) is 0 Å². The Balaban J connectivity index is 2.62. The third-order valence-corrected chi connectivity index (χ3v) is 2.38. The molecule has 15 heavy (non-hydrogen) atoms. The molecule has 0 aliphatic heterocycles. The molecule has 2 aromatic heterocycles. The van der Waals surface area contributed by atoms with E-state index in [-0.39, 0.29) is 5.95 Å². The van der Waals surface area contributed by atoms with Crippen LogP contribution in [0.2, 0.25) is 0 Å². The molecule has 6 nitrogen and oxygen atoms in total. The maximum atomic E-state index is 5.52. The normalized spacial score (nSPS) is 10.6. The van der Waals surface area contributed by atoms with Gasteiger partial charge in [0.2, 0.25) is 5.95 Å². The number of hydrogen-bond acceptors (Lipinski definition) is 5. The van der Waals surface area contributed by atoms with Crippen LogP contribution in [0, 0.1) is 13.8 Å². The van der Waals surface area contributed by atoms with Crippen molar-refractivity contribution in [3.05, 3.63) is 22.3 Å². The zero-order valence-corrected chi connectivity index (χ0v) is 9.85. The summed E-state index contributed by atoms with van der Waals surface area (Å²) in [4.78, 5) is 12.1. The molecule has 2 aromatic rings. The maximum Gasteiger partial charge on any atom is 0.222 e. The highest BCUT2D eigenvalue weighted by atomic mass is 79.9. The van der Waals surface area contributed by atoms with Gasteiger partial charge in [-0.05, 0) is 29.8 Å². The van der Waals surface area contributed by atoms with Gasteiger partial charge < -0.3 is 5.73 Å². The fourth-order valence-corrected chi connectivity index (χ4v) is 1.60. The number of hydrogen-bond donors (Lipinski definition) is 1. The molecule has 0 aliphatic carbocycles. The summed E-state index contributed by atoms with van der Waals surface area (Å²) >= 11 is 3.34. The molecule has 0 unspecified atom stereocenters. The van der Waals surface area contributed by atoms with Crippen molar-refractivity contribution >= 4 is 21.9 Å². The molecule has 2 N–H and O–H groups in total. The fraction of sp³-hybridized carbons (Fsp3) is 0.250. The second kappa shape index (κ2) is 3.58. The number of rotatable bonds is 1. The lowest BCUT2D eigenvalue weighted by molar-refractivity contribution is 0.796. The van der Waals surface area contributed by atoms with Crippen LogP contribution < -0.4 is 5.73 Å². The third kappa shape index (κ3) is 1.82. The van der Waals surface area contributed by atoms with Crippen LogP contribution in [0.1, 0.15) is 11.6 Å². The first-order valence-corrected chi connectivity index (χ1v) is 5.06. The van der Waals surface area contributed by atoms with E-state index in [0.29, 0.717) is 11.6 Å². The molecule has 0 radical (unpaired) electrons. The number of nitrogen functional groups attached to an aromatic ring is 1. The fourth-order valence-electron chi connectivity index (χ4n) is 1.24. The van der Waals surface area contributed by atoms with Crippen LogP contribution in [0.3, 0.4) is 0 Å². The summed E-state index contributed by atoms with van der Waals surface area (Å²) in [7, 11) is 0. The molecule has 7 heteroatoms. The van der Waals surface area contributed by atoms with Crippen LogP contribution in [-0.4, -0.2) is 24.7 Å². The minimum absolute atomic E-state index is 0.209. The Morgan fingerprint density at radius 1 is 1.33 bits per heavy atom. The van der Waals surface area contributed by atoms with Crippen molar-refractivity contribution in [2.45, 2.75) is 13.8 Å². The van der Waals surface area contributed by atoms with E-state index in [0.717, 1.165) is 10.3 Å². The Morgan fingerprint density at radius 2 is 2.07 bits per heavy atom. The van der Waals surface area contributed by atoms with Gasteiger partial charge in [-0.25, -0.2) is 9.97 Å². The van der Waals surface area contributed by atoms with E-state index in [4.69, 9.17) is 5.73 Å². The molecule has 2 heterocycles. The first kappa shape index (κ1) is 10.0. The highest BCUT2D eigenvalue weighted by Crippen LogP contribution is 2.18. The Kier molecular flexibility index (Phi) is 2.39. The number of aromatic nitrogens is 5. The zero-order chi connectivity index (χ0) is 11.0. The number of nitrogens with zero attached hydrogens (tertiary/aromatic N) is 5. The summed E-state index contributed by atoms with van der Waals surface area (Å²) in [5.41, 5.74) is 5.52. The topological polar surface area (TPSA) is 82.5 Å². The van der Waals surface area contributed by atoms with E-state index in [1.54, 1.807) is 10.9 Å². The van der Waals surface area contributed by atoms with Crippen molar-refractivity contribution in [3.8, 4) is 5.82 Å². The lowest BCUT2D eigenvalue weighted by Gasteiger charge is -2.04. The van der Waals surface area contributed by atoms with Gasteiger partial charge in [0.15, 0.2) is 5.82 Å². The molecule has 2 rings (SSSR count). The summed E-state index contributed by atoms with van der Waals surface area (Å²) in [5, 5.41) is 4.21. The summed E-state index contributed by atoms with van der Waals surface area (Å²) < 4.78 is 2.35. The standard InChI is InChI=1S/C8H9BrN6/c1-4-12-5(2)15(14-4)7-6(9)3-11-8(10)13-7/h3H,1-2H3,(H2,10,11,13). The second-order valence-corrected chi connectivity index (χ2v) is 3.87. The van der Waals surface area contributed by atoms with Crippen LogP contribution in [0.5, 0.6) is 0 Å². The van der Waals surface area contributed by atoms with Crippen LogP contribution >= 0.6 is 15.9 Å². The van der Waals surface area contributed by atoms with E-state index in [9.17, 15) is 0 Å². The number of halogens is 1. The van der Waals surface area contributed by atoms with Gasteiger partial charge in [0.05, 0.1) is 4.47 Å². The SMILES string of the molecule is Cc1nc(C)n(-c2nc(N)ncc2Br)n1. The Labute approximate surface area is 94.7 Å². The van der Waals surface area contributed by atoms with Gasteiger partial charge in [-0.2, -0.15) is 9.67 Å². The summed E-state index contributed by atoms with van der Waals surface area (Å²) in [6.45, 7) is 3.67. The van der Waals surface area contributed by atoms with E-state index in [1.807, 2.05) is 13.8 Å². The van der Waals surface area contributed by atoms with Crippen molar-refractivity contribution in [2.75, 3.05) is 5.73 Å². The van der Waals surface area contributed by atoms with Crippen LogP contribution in [0.25, 0.3) is 5.82 Å². The monoisotopic (exact) mass is 268 g/mol. The maximum absolute atomic E-state index is 5.52. The summed E-state index contributed by atoms with van der Waals surface area (Å²) in [5.74, 6) is 2.25. The van der Waals surface area contributed by atoms with Gasteiger partial charge in [-0.3, -0.25) is 0 Å². The van der Waals surface area contributed by atoms with Gasteiger partial charge in [-0.1, -0.05) is 0 Å². The zero-order valence-electron chi connectivity index (χ0n) is 8.27. The lowest BCUT2D eigenvalue weighted by atomic mass is 10.5. The highest BCUT2D eigenvalue weighted by molar-refractivity contribution is 9.10. The molecule has 0 atom stereocenters. The molecule has 0 spiro atoms. The van der Waals surface area contributed by atoms with Crippen molar-refractivity contribution < 1.29 is 0 Å². The van der Waals surface area contributed by atoms with Gasteiger partial charge >= 0.3 is 0 Å². The van der Waals surface area contributed by atoms with Crippen LogP contribution in [0.4, 0.5) is 5.95 Å². The first-order valence-electron chi connectivity index (χ1n) is 4.26. The Bertz CT molecular complexity index is 506. The first-order chi connectivity index (χ1) is 7.08.